The highest BCUT2D eigenvalue weighted by Gasteiger charge is 2.40. The van der Waals surface area contributed by atoms with Crippen LogP contribution in [0.25, 0.3) is 22.4 Å². The molecule has 2 N–H and O–H groups in total. The fourth-order valence-corrected chi connectivity index (χ4v) is 6.14. The molecule has 0 radical (unpaired) electrons. The molecule has 3 aromatic rings. The second kappa shape index (κ2) is 11.7. The van der Waals surface area contributed by atoms with Gasteiger partial charge in [0.2, 0.25) is 11.8 Å². The fraction of sp³-hybridized carbons (Fsp3) is 0.333. The summed E-state index contributed by atoms with van der Waals surface area (Å²) in [5.41, 5.74) is 4.60. The lowest BCUT2D eigenvalue weighted by molar-refractivity contribution is -0.123. The zero-order valence-corrected chi connectivity index (χ0v) is 22.3. The Balaban J connectivity index is 0.000000455. The number of ether oxygens (including phenoxy) is 1. The van der Waals surface area contributed by atoms with E-state index in [0.29, 0.717) is 27.4 Å². The van der Waals surface area contributed by atoms with Gasteiger partial charge in [0.05, 0.1) is 5.69 Å². The number of aromatic nitrogens is 1. The van der Waals surface area contributed by atoms with Crippen molar-refractivity contribution in [1.82, 2.24) is 10.3 Å². The van der Waals surface area contributed by atoms with Crippen LogP contribution in [0, 0.1) is 0 Å². The highest BCUT2D eigenvalue weighted by molar-refractivity contribution is 7.85. The van der Waals surface area contributed by atoms with E-state index in [2.05, 4.69) is 11.4 Å². The summed E-state index contributed by atoms with van der Waals surface area (Å²) in [6.07, 6.45) is 3.48. The van der Waals surface area contributed by atoms with Crippen molar-refractivity contribution in [2.24, 2.45) is 0 Å². The minimum absolute atomic E-state index is 0.243. The summed E-state index contributed by atoms with van der Waals surface area (Å²) in [4.78, 5) is 14.8. The van der Waals surface area contributed by atoms with E-state index in [0.717, 1.165) is 53.6 Å². The number of aliphatic hydroxyl groups is 1. The summed E-state index contributed by atoms with van der Waals surface area (Å²) in [6.45, 7) is -0.420. The van der Waals surface area contributed by atoms with Crippen molar-refractivity contribution < 1.29 is 18.8 Å². The molecule has 2 aliphatic heterocycles. The molecule has 0 saturated carbocycles. The van der Waals surface area contributed by atoms with Crippen LogP contribution in [-0.4, -0.2) is 51.0 Å². The Morgan fingerprint density at radius 3 is 2.39 bits per heavy atom. The molecule has 1 fully saturated rings. The topological polar surface area (TPSA) is 88.5 Å². The largest absolute Gasteiger partial charge is 0.471 e. The summed E-state index contributed by atoms with van der Waals surface area (Å²) in [5.74, 6) is 1.74. The number of aliphatic hydroxyl groups excluding tert-OH is 1. The van der Waals surface area contributed by atoms with Gasteiger partial charge in [0, 0.05) is 56.1 Å². The molecule has 36 heavy (non-hydrogen) atoms. The first kappa shape index (κ1) is 26.6. The lowest BCUT2D eigenvalue weighted by Crippen LogP contribution is -2.45. The Kier molecular flexibility index (Phi) is 8.67. The Morgan fingerprint density at radius 1 is 1.08 bits per heavy atom. The molecule has 2 aromatic carbocycles. The molecule has 0 bridgehead atoms. The first-order valence-corrected chi connectivity index (χ1v) is 14.0. The predicted octanol–water partition coefficient (Wildman–Crippen LogP) is 5.05. The van der Waals surface area contributed by atoms with E-state index >= 15 is 0 Å². The van der Waals surface area contributed by atoms with Crippen molar-refractivity contribution in [2.45, 2.75) is 31.3 Å². The van der Waals surface area contributed by atoms with Crippen molar-refractivity contribution >= 4 is 39.9 Å². The van der Waals surface area contributed by atoms with Gasteiger partial charge in [0.15, 0.2) is 0 Å². The van der Waals surface area contributed by atoms with Crippen LogP contribution in [0.4, 0.5) is 0 Å². The van der Waals surface area contributed by atoms with Gasteiger partial charge in [-0.3, -0.25) is 9.00 Å². The summed E-state index contributed by atoms with van der Waals surface area (Å²) in [5, 5.41) is 11.5. The van der Waals surface area contributed by atoms with E-state index in [4.69, 9.17) is 38.0 Å². The molecule has 9 heteroatoms. The fourth-order valence-electron chi connectivity index (χ4n) is 4.39. The zero-order valence-electron chi connectivity index (χ0n) is 19.9. The minimum Gasteiger partial charge on any atom is -0.471 e. The van der Waals surface area contributed by atoms with E-state index in [-0.39, 0.29) is 11.5 Å². The second-order valence-corrected chi connectivity index (χ2v) is 11.3. The number of amides is 1. The van der Waals surface area contributed by atoms with Crippen LogP contribution in [0.3, 0.4) is 0 Å². The molecule has 190 valence electrons. The van der Waals surface area contributed by atoms with Crippen LogP contribution in [0.15, 0.2) is 54.6 Å². The van der Waals surface area contributed by atoms with E-state index in [1.54, 1.807) is 0 Å². The number of benzene rings is 2. The van der Waals surface area contributed by atoms with Crippen molar-refractivity contribution in [2.75, 3.05) is 25.2 Å². The third kappa shape index (κ3) is 6.09. The summed E-state index contributed by atoms with van der Waals surface area (Å²) in [7, 11) is 0.749. The first-order chi connectivity index (χ1) is 17.3. The number of likely N-dealkylation sites (N-methyl/N-ethyl adjacent to an activating group) is 1. The minimum atomic E-state index is -0.722. The number of rotatable bonds is 3. The number of nitrogens with one attached hydrogen (secondary N) is 1. The van der Waals surface area contributed by atoms with E-state index in [1.807, 2.05) is 48.5 Å². The van der Waals surface area contributed by atoms with Crippen LogP contribution in [0.5, 0.6) is 5.88 Å². The molecule has 5 rings (SSSR count). The number of halogens is 2. The van der Waals surface area contributed by atoms with Gasteiger partial charge in [-0.25, -0.2) is 4.98 Å². The zero-order chi connectivity index (χ0) is 25.7. The molecular formula is C27H28Cl2N2O4S. The van der Waals surface area contributed by atoms with Gasteiger partial charge in [-0.05, 0) is 55.5 Å². The van der Waals surface area contributed by atoms with Crippen molar-refractivity contribution in [3.63, 3.8) is 0 Å². The first-order valence-electron chi connectivity index (χ1n) is 11.7. The summed E-state index contributed by atoms with van der Waals surface area (Å²) >= 11 is 12.7. The summed E-state index contributed by atoms with van der Waals surface area (Å²) in [6, 6.07) is 17.7. The molecule has 0 atom stereocenters. The number of carbonyl (C=O) groups is 1. The second-order valence-electron chi connectivity index (χ2n) is 8.80. The van der Waals surface area contributed by atoms with Crippen molar-refractivity contribution in [1.29, 1.82) is 0 Å². The number of hydrogen-bond donors (Lipinski definition) is 2. The summed E-state index contributed by atoms with van der Waals surface area (Å²) < 4.78 is 18.4. The molecule has 1 aromatic heterocycles. The third-order valence-corrected chi connectivity index (χ3v) is 8.40. The maximum absolute atomic E-state index is 11.9. The highest BCUT2D eigenvalue weighted by atomic mass is 35.5. The normalized spacial score (nSPS) is 20.5. The van der Waals surface area contributed by atoms with Crippen LogP contribution in [-0.2, 0) is 22.0 Å². The lowest BCUT2D eigenvalue weighted by Gasteiger charge is -2.40. The number of aryl methyl sites for hydroxylation is 1. The van der Waals surface area contributed by atoms with Gasteiger partial charge in [-0.2, -0.15) is 0 Å². The van der Waals surface area contributed by atoms with Crippen molar-refractivity contribution in [3.05, 3.63) is 70.2 Å². The molecule has 1 spiro atoms. The average Bonchev–Trinajstić information content (AvgIpc) is 2.90. The van der Waals surface area contributed by atoms with Gasteiger partial charge in [0.1, 0.15) is 12.2 Å². The molecular weight excluding hydrogens is 519 g/mol. The molecule has 0 aliphatic carbocycles. The molecule has 0 unspecified atom stereocenters. The van der Waals surface area contributed by atoms with Gasteiger partial charge in [-0.15, -0.1) is 0 Å². The SMILES string of the molecule is CNC(=O)CO.O=S1CCC2(CCc3cc(-c4ccc(Cl)cc4)c(-c4ccccc4Cl)nc3O2)CC1. The Morgan fingerprint density at radius 2 is 1.78 bits per heavy atom. The van der Waals surface area contributed by atoms with Crippen LogP contribution >= 0.6 is 23.2 Å². The number of pyridine rings is 1. The Labute approximate surface area is 223 Å². The van der Waals surface area contributed by atoms with Gasteiger partial charge >= 0.3 is 0 Å². The van der Waals surface area contributed by atoms with Gasteiger partial charge in [-0.1, -0.05) is 53.5 Å². The average molecular weight is 548 g/mol. The smallest absolute Gasteiger partial charge is 0.245 e. The molecule has 3 heterocycles. The van der Waals surface area contributed by atoms with Crippen LogP contribution in [0.1, 0.15) is 24.8 Å². The standard InChI is InChI=1S/C24H21Cl2NO2S.C3H7NO2/c25-18-7-5-16(6-8-18)20-15-17-9-10-24(11-13-30(28)14-12-24)29-23(17)27-22(20)19-3-1-2-4-21(19)26;1-4-3(6)2-5/h1-8,15H,9-14H2;5H,2H2,1H3,(H,4,6). The number of carbonyl (C=O) groups excluding carboxylic acids is 1. The van der Waals surface area contributed by atoms with Crippen molar-refractivity contribution in [3.8, 4) is 28.3 Å². The maximum Gasteiger partial charge on any atom is 0.245 e. The van der Waals surface area contributed by atoms with E-state index in [9.17, 15) is 9.00 Å². The lowest BCUT2D eigenvalue weighted by atomic mass is 9.86. The van der Waals surface area contributed by atoms with Gasteiger partial charge < -0.3 is 15.2 Å². The van der Waals surface area contributed by atoms with Crippen LogP contribution in [0.2, 0.25) is 10.0 Å². The van der Waals surface area contributed by atoms with E-state index < -0.39 is 17.4 Å². The number of fused-ring (bicyclic) bond motifs is 1. The quantitative estimate of drug-likeness (QED) is 0.479. The monoisotopic (exact) mass is 546 g/mol. The Bertz CT molecular complexity index is 1250. The van der Waals surface area contributed by atoms with E-state index in [1.165, 1.54) is 7.05 Å². The van der Waals surface area contributed by atoms with Gasteiger partial charge in [0.25, 0.3) is 0 Å². The van der Waals surface area contributed by atoms with Crippen LogP contribution < -0.4 is 10.1 Å². The molecule has 2 aliphatic rings. The highest BCUT2D eigenvalue weighted by Crippen LogP contribution is 2.43. The number of nitrogens with zero attached hydrogens (tertiary/aromatic N) is 1. The Hall–Kier alpha value is -2.45. The predicted molar refractivity (Wildman–Crippen MR) is 145 cm³/mol. The maximum atomic E-state index is 11.9. The number of hydrogen-bond acceptors (Lipinski definition) is 5. The molecule has 6 nitrogen and oxygen atoms in total. The third-order valence-electron chi connectivity index (χ3n) is 6.50. The molecule has 1 saturated heterocycles. The molecule has 1 amide bonds.